The molecule has 0 aliphatic carbocycles. The Morgan fingerprint density at radius 3 is 2.68 bits per heavy atom. The Labute approximate surface area is 152 Å². The third kappa shape index (κ3) is 4.53. The number of hydrogen-bond donors (Lipinski definition) is 2. The molecule has 3 rings (SSSR count). The molecule has 0 spiro atoms. The summed E-state index contributed by atoms with van der Waals surface area (Å²) in [7, 11) is 1.34. The van der Waals surface area contributed by atoms with Gasteiger partial charge in [0.15, 0.2) is 0 Å². The van der Waals surface area contributed by atoms with Crippen molar-refractivity contribution >= 4 is 29.3 Å². The van der Waals surface area contributed by atoms with Crippen molar-refractivity contribution in [3.63, 3.8) is 0 Å². The maximum atomic E-state index is 11.5. The van der Waals surface area contributed by atoms with Gasteiger partial charge >= 0.3 is 5.97 Å². The lowest BCUT2D eigenvalue weighted by Crippen LogP contribution is -2.33. The molecule has 1 atom stereocenters. The van der Waals surface area contributed by atoms with Gasteiger partial charge in [0.25, 0.3) is 0 Å². The lowest BCUT2D eigenvalue weighted by atomic mass is 10.1. The van der Waals surface area contributed by atoms with Gasteiger partial charge in [0.2, 0.25) is 0 Å². The Balaban J connectivity index is 0.00000225. The number of aromatic amines is 1. The van der Waals surface area contributed by atoms with Crippen LogP contribution in [0, 0.1) is 0 Å². The van der Waals surface area contributed by atoms with Crippen molar-refractivity contribution in [1.82, 2.24) is 4.98 Å². The van der Waals surface area contributed by atoms with Crippen molar-refractivity contribution < 1.29 is 14.3 Å². The highest BCUT2D eigenvalue weighted by molar-refractivity contribution is 5.86. The largest absolute Gasteiger partial charge is 0.489 e. The summed E-state index contributed by atoms with van der Waals surface area (Å²) in [6, 6.07) is 15.2. The number of nitrogens with one attached hydrogen (secondary N) is 1. The monoisotopic (exact) mass is 360 g/mol. The van der Waals surface area contributed by atoms with Gasteiger partial charge in [0, 0.05) is 29.6 Å². The molecule has 2 aromatic carbocycles. The molecule has 0 aliphatic heterocycles. The number of halogens is 1. The number of carbonyl (C=O) groups excluding carboxylic acids is 1. The second-order valence-electron chi connectivity index (χ2n) is 5.63. The number of rotatable bonds is 6. The lowest BCUT2D eigenvalue weighted by Gasteiger charge is -2.09. The van der Waals surface area contributed by atoms with E-state index < -0.39 is 12.0 Å². The van der Waals surface area contributed by atoms with Crippen LogP contribution < -0.4 is 10.5 Å². The van der Waals surface area contributed by atoms with E-state index in [1.54, 1.807) is 0 Å². The molecule has 0 saturated carbocycles. The summed E-state index contributed by atoms with van der Waals surface area (Å²) < 4.78 is 10.5. The SMILES string of the molecule is COC(=O)C(N)Cc1c[nH]c2cc(OCc3ccccc3)ccc12.Cl. The fourth-order valence-electron chi connectivity index (χ4n) is 2.64. The molecule has 25 heavy (non-hydrogen) atoms. The maximum Gasteiger partial charge on any atom is 0.322 e. The van der Waals surface area contributed by atoms with E-state index in [0.717, 1.165) is 27.8 Å². The molecular weight excluding hydrogens is 340 g/mol. The molecule has 6 heteroatoms. The minimum Gasteiger partial charge on any atom is -0.489 e. The number of methoxy groups -OCH3 is 1. The predicted octanol–water partition coefficient (Wildman–Crippen LogP) is 3.21. The maximum absolute atomic E-state index is 11.5. The third-order valence-electron chi connectivity index (χ3n) is 3.93. The van der Waals surface area contributed by atoms with Crippen molar-refractivity contribution in [3.05, 3.63) is 65.9 Å². The van der Waals surface area contributed by atoms with Crippen LogP contribution in [-0.2, 0) is 22.6 Å². The number of H-pyrrole nitrogens is 1. The van der Waals surface area contributed by atoms with E-state index in [1.165, 1.54) is 7.11 Å². The molecule has 0 aliphatic rings. The number of hydrogen-bond acceptors (Lipinski definition) is 4. The molecular formula is C19H21ClN2O3. The average molecular weight is 361 g/mol. The summed E-state index contributed by atoms with van der Waals surface area (Å²) in [5, 5.41) is 1.03. The van der Waals surface area contributed by atoms with E-state index in [1.807, 2.05) is 54.7 Å². The second kappa shape index (κ2) is 8.55. The molecule has 5 nitrogen and oxygen atoms in total. The number of fused-ring (bicyclic) bond motifs is 1. The highest BCUT2D eigenvalue weighted by Crippen LogP contribution is 2.24. The van der Waals surface area contributed by atoms with E-state index in [4.69, 9.17) is 10.5 Å². The smallest absolute Gasteiger partial charge is 0.322 e. The molecule has 132 valence electrons. The average Bonchev–Trinajstić information content (AvgIpc) is 3.02. The van der Waals surface area contributed by atoms with Gasteiger partial charge in [-0.05, 0) is 23.3 Å². The van der Waals surface area contributed by atoms with Crippen molar-refractivity contribution in [1.29, 1.82) is 0 Å². The topological polar surface area (TPSA) is 77.3 Å². The minimum absolute atomic E-state index is 0. The molecule has 0 saturated heterocycles. The number of aromatic nitrogens is 1. The number of carbonyl (C=O) groups is 1. The number of nitrogens with two attached hydrogens (primary N) is 1. The minimum atomic E-state index is -0.664. The first-order valence-corrected chi connectivity index (χ1v) is 7.77. The zero-order valence-electron chi connectivity index (χ0n) is 13.9. The van der Waals surface area contributed by atoms with Crippen LogP contribution in [0.25, 0.3) is 10.9 Å². The van der Waals surface area contributed by atoms with Gasteiger partial charge in [-0.25, -0.2) is 0 Å². The van der Waals surface area contributed by atoms with Crippen LogP contribution >= 0.6 is 12.4 Å². The van der Waals surface area contributed by atoms with E-state index in [9.17, 15) is 4.79 Å². The first-order chi connectivity index (χ1) is 11.7. The van der Waals surface area contributed by atoms with Crippen LogP contribution in [0.15, 0.2) is 54.7 Å². The van der Waals surface area contributed by atoms with Gasteiger partial charge in [-0.1, -0.05) is 30.3 Å². The fourth-order valence-corrected chi connectivity index (χ4v) is 2.64. The van der Waals surface area contributed by atoms with Crippen molar-refractivity contribution in [3.8, 4) is 5.75 Å². The van der Waals surface area contributed by atoms with E-state index in [-0.39, 0.29) is 12.4 Å². The third-order valence-corrected chi connectivity index (χ3v) is 3.93. The Bertz CT molecular complexity index is 833. The van der Waals surface area contributed by atoms with Gasteiger partial charge in [-0.15, -0.1) is 12.4 Å². The summed E-state index contributed by atoms with van der Waals surface area (Å²) in [6.07, 6.45) is 2.30. The summed E-state index contributed by atoms with van der Waals surface area (Å²) in [6.45, 7) is 0.521. The Morgan fingerprint density at radius 1 is 1.20 bits per heavy atom. The Morgan fingerprint density at radius 2 is 1.96 bits per heavy atom. The molecule has 0 radical (unpaired) electrons. The van der Waals surface area contributed by atoms with E-state index >= 15 is 0 Å². The van der Waals surface area contributed by atoms with Crippen LogP contribution in [0.5, 0.6) is 5.75 Å². The summed E-state index contributed by atoms with van der Waals surface area (Å²) in [5.74, 6) is 0.379. The van der Waals surface area contributed by atoms with Gasteiger partial charge < -0.3 is 20.2 Å². The predicted molar refractivity (Wildman–Crippen MR) is 100 cm³/mol. The van der Waals surface area contributed by atoms with Crippen LogP contribution in [0.4, 0.5) is 0 Å². The Hall–Kier alpha value is -2.50. The zero-order valence-corrected chi connectivity index (χ0v) is 14.7. The molecule has 0 fully saturated rings. The van der Waals surface area contributed by atoms with Gasteiger partial charge in [0.1, 0.15) is 18.4 Å². The zero-order chi connectivity index (χ0) is 16.9. The van der Waals surface area contributed by atoms with Crippen molar-refractivity contribution in [2.24, 2.45) is 5.73 Å². The molecule has 1 unspecified atom stereocenters. The highest BCUT2D eigenvalue weighted by Gasteiger charge is 2.16. The van der Waals surface area contributed by atoms with E-state index in [2.05, 4.69) is 9.72 Å². The van der Waals surface area contributed by atoms with Crippen LogP contribution in [0.1, 0.15) is 11.1 Å². The molecule has 0 bridgehead atoms. The normalized spacial score (nSPS) is 11.6. The van der Waals surface area contributed by atoms with Crippen LogP contribution in [-0.4, -0.2) is 24.1 Å². The molecule has 3 aromatic rings. The standard InChI is InChI=1S/C19H20N2O3.ClH/c1-23-19(22)17(20)9-14-11-21-18-10-15(7-8-16(14)18)24-12-13-5-3-2-4-6-13;/h2-8,10-11,17,21H,9,12,20H2,1H3;1H. The number of ether oxygens (including phenoxy) is 2. The fraction of sp³-hybridized carbons (Fsp3) is 0.211. The lowest BCUT2D eigenvalue weighted by molar-refractivity contribution is -0.142. The molecule has 1 aromatic heterocycles. The number of esters is 1. The highest BCUT2D eigenvalue weighted by atomic mass is 35.5. The van der Waals surface area contributed by atoms with Gasteiger partial charge in [0.05, 0.1) is 7.11 Å². The summed E-state index contributed by atoms with van der Waals surface area (Å²) in [4.78, 5) is 14.7. The first-order valence-electron chi connectivity index (χ1n) is 7.77. The summed E-state index contributed by atoms with van der Waals surface area (Å²) in [5.41, 5.74) is 8.89. The Kier molecular flexibility index (Phi) is 6.44. The van der Waals surface area contributed by atoms with Crippen molar-refractivity contribution in [2.45, 2.75) is 19.1 Å². The van der Waals surface area contributed by atoms with Crippen molar-refractivity contribution in [2.75, 3.05) is 7.11 Å². The molecule has 1 heterocycles. The van der Waals surface area contributed by atoms with E-state index in [0.29, 0.717) is 13.0 Å². The first kappa shape index (κ1) is 18.8. The molecule has 0 amide bonds. The molecule has 3 N–H and O–H groups in total. The number of benzene rings is 2. The quantitative estimate of drug-likeness (QED) is 0.662. The van der Waals surface area contributed by atoms with Gasteiger partial charge in [-0.3, -0.25) is 4.79 Å². The summed E-state index contributed by atoms with van der Waals surface area (Å²) >= 11 is 0. The van der Waals surface area contributed by atoms with Crippen LogP contribution in [0.3, 0.4) is 0 Å². The second-order valence-corrected chi connectivity index (χ2v) is 5.63. The van der Waals surface area contributed by atoms with Gasteiger partial charge in [-0.2, -0.15) is 0 Å². The van der Waals surface area contributed by atoms with Crippen LogP contribution in [0.2, 0.25) is 0 Å².